The average molecular weight is 476 g/mol. The van der Waals surface area contributed by atoms with E-state index >= 15 is 0 Å². The zero-order valence-electron chi connectivity index (χ0n) is 21.1. The average Bonchev–Trinajstić information content (AvgIpc) is 3.40. The van der Waals surface area contributed by atoms with Gasteiger partial charge in [-0.3, -0.25) is 4.99 Å². The Morgan fingerprint density at radius 3 is 2.50 bits per heavy atom. The Morgan fingerprint density at radius 1 is 0.889 bits per heavy atom. The molecular formula is C31H29N3O2. The number of nitrogens with zero attached hydrogens (tertiary/aromatic N) is 3. The molecular weight excluding hydrogens is 446 g/mol. The van der Waals surface area contributed by atoms with Crippen molar-refractivity contribution in [1.82, 2.24) is 0 Å². The summed E-state index contributed by atoms with van der Waals surface area (Å²) in [6.07, 6.45) is 3.04. The molecule has 4 aromatic carbocycles. The third-order valence-corrected chi connectivity index (χ3v) is 8.40. The Bertz CT molecular complexity index is 1570. The van der Waals surface area contributed by atoms with Gasteiger partial charge < -0.3 is 19.3 Å². The van der Waals surface area contributed by atoms with Crippen LogP contribution >= 0.6 is 0 Å². The summed E-state index contributed by atoms with van der Waals surface area (Å²) >= 11 is 0. The monoisotopic (exact) mass is 475 g/mol. The number of benzene rings is 4. The molecule has 7 rings (SSSR count). The molecule has 0 amide bonds. The van der Waals surface area contributed by atoms with E-state index in [0.717, 1.165) is 41.2 Å². The van der Waals surface area contributed by atoms with Crippen LogP contribution in [0.1, 0.15) is 25.0 Å². The molecule has 36 heavy (non-hydrogen) atoms. The molecule has 0 radical (unpaired) electrons. The van der Waals surface area contributed by atoms with Crippen LogP contribution in [0.15, 0.2) is 77.8 Å². The maximum Gasteiger partial charge on any atom is 0.228 e. The second-order valence-corrected chi connectivity index (χ2v) is 10.4. The van der Waals surface area contributed by atoms with E-state index in [1.807, 2.05) is 12.3 Å². The van der Waals surface area contributed by atoms with Crippen LogP contribution in [0.25, 0.3) is 10.8 Å². The summed E-state index contributed by atoms with van der Waals surface area (Å²) in [4.78, 5) is 9.74. The van der Waals surface area contributed by atoms with Crippen molar-refractivity contribution in [3.8, 4) is 11.5 Å². The van der Waals surface area contributed by atoms with E-state index in [9.17, 15) is 0 Å². The van der Waals surface area contributed by atoms with Crippen molar-refractivity contribution < 1.29 is 9.47 Å². The van der Waals surface area contributed by atoms with Gasteiger partial charge in [0.15, 0.2) is 5.75 Å². The second kappa shape index (κ2) is 7.26. The van der Waals surface area contributed by atoms with Crippen LogP contribution in [0.3, 0.4) is 0 Å². The summed E-state index contributed by atoms with van der Waals surface area (Å²) in [6.45, 7) is 5.40. The van der Waals surface area contributed by atoms with E-state index in [-0.39, 0.29) is 5.41 Å². The molecule has 0 bridgehead atoms. The molecule has 4 aromatic rings. The summed E-state index contributed by atoms with van der Waals surface area (Å²) in [6, 6.07) is 25.7. The van der Waals surface area contributed by atoms with Crippen molar-refractivity contribution in [2.75, 3.05) is 30.5 Å². The van der Waals surface area contributed by atoms with Crippen molar-refractivity contribution in [3.05, 3.63) is 83.9 Å². The Morgan fingerprint density at radius 2 is 1.67 bits per heavy atom. The van der Waals surface area contributed by atoms with Gasteiger partial charge in [-0.25, -0.2) is 0 Å². The van der Waals surface area contributed by atoms with Crippen LogP contribution in [-0.4, -0.2) is 32.6 Å². The first-order valence-corrected chi connectivity index (χ1v) is 12.5. The topological polar surface area (TPSA) is 37.3 Å². The largest absolute Gasteiger partial charge is 0.497 e. The number of rotatable bonds is 2. The molecule has 5 nitrogen and oxygen atoms in total. The quantitative estimate of drug-likeness (QED) is 0.321. The van der Waals surface area contributed by atoms with Crippen LogP contribution < -0.4 is 19.3 Å². The lowest BCUT2D eigenvalue weighted by Gasteiger charge is -2.45. The van der Waals surface area contributed by atoms with Crippen LogP contribution in [0, 0.1) is 0 Å². The number of hydrogen-bond acceptors (Lipinski definition) is 5. The summed E-state index contributed by atoms with van der Waals surface area (Å²) in [5.74, 6) is 1.66. The van der Waals surface area contributed by atoms with Crippen molar-refractivity contribution in [2.24, 2.45) is 4.99 Å². The van der Waals surface area contributed by atoms with Gasteiger partial charge in [-0.1, -0.05) is 42.5 Å². The number of ether oxygens (including phenoxy) is 2. The number of methoxy groups -OCH3 is 1. The third-order valence-electron chi connectivity index (χ3n) is 8.40. The van der Waals surface area contributed by atoms with Crippen LogP contribution in [0.2, 0.25) is 0 Å². The minimum absolute atomic E-state index is 0.362. The Hall–Kier alpha value is -3.99. The van der Waals surface area contributed by atoms with Crippen molar-refractivity contribution in [3.63, 3.8) is 0 Å². The zero-order chi connectivity index (χ0) is 24.7. The van der Waals surface area contributed by atoms with Gasteiger partial charge in [-0.05, 0) is 55.7 Å². The van der Waals surface area contributed by atoms with Gasteiger partial charge in [-0.2, -0.15) is 0 Å². The molecule has 3 aliphatic heterocycles. The normalized spacial score (nSPS) is 20.9. The highest BCUT2D eigenvalue weighted by molar-refractivity contribution is 6.07. The number of anilines is 3. The first-order chi connectivity index (χ1) is 17.4. The summed E-state index contributed by atoms with van der Waals surface area (Å²) < 4.78 is 12.6. The van der Waals surface area contributed by atoms with E-state index in [2.05, 4.69) is 97.4 Å². The van der Waals surface area contributed by atoms with Gasteiger partial charge in [0, 0.05) is 41.8 Å². The van der Waals surface area contributed by atoms with Crippen molar-refractivity contribution >= 4 is 39.7 Å². The van der Waals surface area contributed by atoms with E-state index in [1.54, 1.807) is 7.11 Å². The van der Waals surface area contributed by atoms with Crippen LogP contribution in [0.4, 0.5) is 22.7 Å². The summed E-state index contributed by atoms with van der Waals surface area (Å²) in [5.41, 5.74) is 5.92. The van der Waals surface area contributed by atoms with E-state index < -0.39 is 5.72 Å². The fraction of sp³-hybridized carbons (Fsp3) is 0.258. The molecule has 0 fully saturated rings. The van der Waals surface area contributed by atoms with Gasteiger partial charge >= 0.3 is 0 Å². The molecule has 0 aliphatic carbocycles. The number of aliphatic imine (C=N–C) groups is 1. The highest BCUT2D eigenvalue weighted by atomic mass is 16.5. The first-order valence-electron chi connectivity index (χ1n) is 12.5. The van der Waals surface area contributed by atoms with Gasteiger partial charge in [0.2, 0.25) is 5.72 Å². The number of hydrogen-bond donors (Lipinski definition) is 0. The van der Waals surface area contributed by atoms with Gasteiger partial charge in [0.25, 0.3) is 0 Å². The van der Waals surface area contributed by atoms with Crippen LogP contribution in [-0.2, 0) is 11.8 Å². The van der Waals surface area contributed by atoms with Gasteiger partial charge in [0.05, 0.1) is 24.4 Å². The molecule has 1 unspecified atom stereocenters. The van der Waals surface area contributed by atoms with E-state index in [4.69, 9.17) is 14.5 Å². The van der Waals surface area contributed by atoms with Gasteiger partial charge in [0.1, 0.15) is 11.4 Å². The van der Waals surface area contributed by atoms with E-state index in [1.165, 1.54) is 27.9 Å². The number of fused-ring (bicyclic) bond motifs is 5. The first kappa shape index (κ1) is 21.3. The zero-order valence-corrected chi connectivity index (χ0v) is 21.1. The molecule has 1 spiro atoms. The van der Waals surface area contributed by atoms with E-state index in [0.29, 0.717) is 0 Å². The molecule has 5 heteroatoms. The standard InChI is InChI=1S/C31H29N3O2/c1-30(2)24-17-21(35-4)13-14-26(24)33(3)31(30)19-32-29-23-11-7-6-10-22(23)27(18-28(29)36-31)34-16-15-20-9-5-8-12-25(20)34/h5-14,17-19H,15-16H2,1-4H3. The molecule has 180 valence electrons. The summed E-state index contributed by atoms with van der Waals surface area (Å²) in [7, 11) is 3.80. The smallest absolute Gasteiger partial charge is 0.228 e. The molecule has 0 aromatic heterocycles. The fourth-order valence-corrected chi connectivity index (χ4v) is 6.36. The molecule has 0 saturated carbocycles. The Labute approximate surface area is 211 Å². The fourth-order valence-electron chi connectivity index (χ4n) is 6.36. The maximum absolute atomic E-state index is 7.07. The third kappa shape index (κ3) is 2.63. The minimum atomic E-state index is -0.753. The lowest BCUT2D eigenvalue weighted by molar-refractivity contribution is 0.0826. The maximum atomic E-state index is 7.07. The van der Waals surface area contributed by atoms with Crippen LogP contribution in [0.5, 0.6) is 11.5 Å². The molecule has 3 aliphatic rings. The molecule has 0 N–H and O–H groups in total. The molecule has 3 heterocycles. The lowest BCUT2D eigenvalue weighted by Crippen LogP contribution is -2.61. The molecule has 0 saturated heterocycles. The lowest BCUT2D eigenvalue weighted by atomic mass is 9.77. The Balaban J connectivity index is 1.41. The summed E-state index contributed by atoms with van der Waals surface area (Å²) in [5, 5.41) is 2.30. The SMILES string of the molecule is COc1ccc2c(c1)C(C)(C)C1(C=Nc3c(cc(N4CCc5ccccc54)c4ccccc34)O1)N2C. The predicted molar refractivity (Wildman–Crippen MR) is 147 cm³/mol. The minimum Gasteiger partial charge on any atom is -0.497 e. The van der Waals surface area contributed by atoms with Crippen molar-refractivity contribution in [1.29, 1.82) is 0 Å². The van der Waals surface area contributed by atoms with Crippen molar-refractivity contribution in [2.45, 2.75) is 31.4 Å². The highest BCUT2D eigenvalue weighted by Crippen LogP contribution is 2.56. The number of likely N-dealkylation sites (N-methyl/N-ethyl adjacent to an activating group) is 1. The number of para-hydroxylation sites is 1. The predicted octanol–water partition coefficient (Wildman–Crippen LogP) is 6.76. The molecule has 1 atom stereocenters. The van der Waals surface area contributed by atoms with Gasteiger partial charge in [-0.15, -0.1) is 0 Å². The highest BCUT2D eigenvalue weighted by Gasteiger charge is 2.58. The second-order valence-electron chi connectivity index (χ2n) is 10.4. The Kier molecular flexibility index (Phi) is 4.30.